The molecule has 0 saturated carbocycles. The summed E-state index contributed by atoms with van der Waals surface area (Å²) in [4.78, 5) is 14.6. The van der Waals surface area contributed by atoms with Crippen LogP contribution in [0.2, 0.25) is 0 Å². The summed E-state index contributed by atoms with van der Waals surface area (Å²) in [6.07, 6.45) is 6.35. The smallest absolute Gasteiger partial charge is 0.254 e. The van der Waals surface area contributed by atoms with Gasteiger partial charge in [-0.2, -0.15) is 0 Å². The summed E-state index contributed by atoms with van der Waals surface area (Å²) in [7, 11) is 0. The normalized spacial score (nSPS) is 25.1. The first-order chi connectivity index (χ1) is 12.3. The molecule has 0 aliphatic carbocycles. The molecule has 1 aromatic carbocycles. The molecule has 0 bridgehead atoms. The van der Waals surface area contributed by atoms with E-state index in [9.17, 15) is 4.79 Å². The van der Waals surface area contributed by atoms with Gasteiger partial charge in [-0.3, -0.25) is 9.69 Å². The zero-order chi connectivity index (χ0) is 17.1. The van der Waals surface area contributed by atoms with Gasteiger partial charge in [0.25, 0.3) is 5.91 Å². The summed E-state index contributed by atoms with van der Waals surface area (Å²) >= 11 is 0. The number of hydrogen-bond donors (Lipinski definition) is 3. The highest BCUT2D eigenvalue weighted by Crippen LogP contribution is 2.25. The fourth-order valence-corrected chi connectivity index (χ4v) is 3.70. The molecule has 6 nitrogen and oxygen atoms in total. The van der Waals surface area contributed by atoms with Crippen molar-refractivity contribution in [2.75, 3.05) is 13.1 Å². The van der Waals surface area contributed by atoms with E-state index >= 15 is 0 Å². The molecule has 6 heteroatoms. The second-order valence-electron chi connectivity index (χ2n) is 6.80. The van der Waals surface area contributed by atoms with Gasteiger partial charge in [0.2, 0.25) is 0 Å². The number of carbonyl (C=O) groups is 1. The third-order valence-corrected chi connectivity index (χ3v) is 5.17. The maximum Gasteiger partial charge on any atom is 0.254 e. The molecule has 1 aromatic heterocycles. The first kappa shape index (κ1) is 16.3. The summed E-state index contributed by atoms with van der Waals surface area (Å²) in [5.74, 6) is -0.0444. The number of hydrogen-bond acceptors (Lipinski definition) is 5. The molecule has 132 valence electrons. The Morgan fingerprint density at radius 1 is 1.12 bits per heavy atom. The van der Waals surface area contributed by atoms with Crippen LogP contribution in [0.4, 0.5) is 0 Å². The Bertz CT molecular complexity index is 681. The van der Waals surface area contributed by atoms with Crippen LogP contribution in [0.1, 0.15) is 41.2 Å². The summed E-state index contributed by atoms with van der Waals surface area (Å²) < 4.78 is 4.97. The van der Waals surface area contributed by atoms with Gasteiger partial charge in [0, 0.05) is 25.2 Å². The van der Waals surface area contributed by atoms with Gasteiger partial charge >= 0.3 is 0 Å². The Hall–Kier alpha value is -2.15. The van der Waals surface area contributed by atoms with E-state index in [0.717, 1.165) is 32.4 Å². The van der Waals surface area contributed by atoms with E-state index in [1.165, 1.54) is 18.1 Å². The van der Waals surface area contributed by atoms with Crippen LogP contribution in [0.3, 0.4) is 0 Å². The van der Waals surface area contributed by atoms with Crippen LogP contribution in [-0.4, -0.2) is 36.1 Å². The molecule has 4 rings (SSSR count). The van der Waals surface area contributed by atoms with Crippen molar-refractivity contribution in [2.45, 2.75) is 37.5 Å². The van der Waals surface area contributed by atoms with E-state index in [-0.39, 0.29) is 11.9 Å². The fraction of sp³-hybridized carbons (Fsp3) is 0.421. The molecule has 0 radical (unpaired) electrons. The largest absolute Gasteiger partial charge is 0.472 e. The molecule has 3 N–H and O–H groups in total. The molecular weight excluding hydrogens is 316 g/mol. The molecule has 2 atom stereocenters. The molecule has 2 fully saturated rings. The Morgan fingerprint density at radius 3 is 2.64 bits per heavy atom. The molecular formula is C19H24N4O2. The summed E-state index contributed by atoms with van der Waals surface area (Å²) in [6, 6.07) is 12.8. The number of nitrogens with zero attached hydrogens (tertiary/aromatic N) is 1. The number of piperidine rings is 1. The van der Waals surface area contributed by atoms with Gasteiger partial charge in [0.15, 0.2) is 0 Å². The number of rotatable bonds is 4. The van der Waals surface area contributed by atoms with Gasteiger partial charge in [-0.25, -0.2) is 10.9 Å². The van der Waals surface area contributed by atoms with Gasteiger partial charge in [0.05, 0.1) is 18.0 Å². The molecule has 25 heavy (non-hydrogen) atoms. The minimum atomic E-state index is -0.0444. The van der Waals surface area contributed by atoms with Crippen molar-refractivity contribution in [1.82, 2.24) is 21.1 Å². The average molecular weight is 340 g/mol. The molecule has 1 amide bonds. The fourth-order valence-electron chi connectivity index (χ4n) is 3.70. The highest BCUT2D eigenvalue weighted by Gasteiger charge is 2.32. The van der Waals surface area contributed by atoms with Crippen LogP contribution in [0.5, 0.6) is 0 Å². The van der Waals surface area contributed by atoms with Crippen LogP contribution in [0, 0.1) is 0 Å². The SMILES string of the molecule is O=C(NC1CCN(C2CC(c3ccccc3)NN2)CC1)c1ccoc1. The van der Waals surface area contributed by atoms with Crippen molar-refractivity contribution in [1.29, 1.82) is 0 Å². The number of amides is 1. The highest BCUT2D eigenvalue weighted by atomic mass is 16.3. The lowest BCUT2D eigenvalue weighted by Gasteiger charge is -2.35. The monoisotopic (exact) mass is 340 g/mol. The van der Waals surface area contributed by atoms with E-state index in [2.05, 4.69) is 45.3 Å². The minimum Gasteiger partial charge on any atom is -0.472 e. The van der Waals surface area contributed by atoms with Crippen LogP contribution in [0.25, 0.3) is 0 Å². The van der Waals surface area contributed by atoms with E-state index in [4.69, 9.17) is 4.42 Å². The van der Waals surface area contributed by atoms with Crippen molar-refractivity contribution in [2.24, 2.45) is 0 Å². The topological polar surface area (TPSA) is 69.5 Å². The Balaban J connectivity index is 1.26. The molecule has 0 spiro atoms. The zero-order valence-corrected chi connectivity index (χ0v) is 14.2. The Morgan fingerprint density at radius 2 is 1.92 bits per heavy atom. The maximum atomic E-state index is 12.1. The van der Waals surface area contributed by atoms with E-state index < -0.39 is 0 Å². The zero-order valence-electron chi connectivity index (χ0n) is 14.2. The van der Waals surface area contributed by atoms with E-state index in [1.807, 2.05) is 6.07 Å². The Kier molecular flexibility index (Phi) is 4.83. The lowest BCUT2D eigenvalue weighted by atomic mass is 10.0. The third kappa shape index (κ3) is 3.76. The average Bonchev–Trinajstić information content (AvgIpc) is 3.35. The lowest BCUT2D eigenvalue weighted by molar-refractivity contribution is 0.0879. The van der Waals surface area contributed by atoms with Gasteiger partial charge in [-0.05, 0) is 30.9 Å². The van der Waals surface area contributed by atoms with Crippen LogP contribution >= 0.6 is 0 Å². The number of carbonyl (C=O) groups excluding carboxylic acids is 1. The molecule has 2 aliphatic heterocycles. The van der Waals surface area contributed by atoms with Gasteiger partial charge in [-0.15, -0.1) is 0 Å². The number of benzene rings is 1. The van der Waals surface area contributed by atoms with Gasteiger partial charge in [-0.1, -0.05) is 30.3 Å². The van der Waals surface area contributed by atoms with Crippen LogP contribution < -0.4 is 16.2 Å². The van der Waals surface area contributed by atoms with Crippen molar-refractivity contribution in [3.63, 3.8) is 0 Å². The number of likely N-dealkylation sites (tertiary alicyclic amines) is 1. The molecule has 2 unspecified atom stereocenters. The maximum absolute atomic E-state index is 12.1. The second kappa shape index (κ2) is 7.39. The molecule has 2 saturated heterocycles. The predicted molar refractivity (Wildman–Crippen MR) is 94.6 cm³/mol. The quantitative estimate of drug-likeness (QED) is 0.795. The van der Waals surface area contributed by atoms with E-state index in [1.54, 1.807) is 6.07 Å². The number of hydrazine groups is 1. The van der Waals surface area contributed by atoms with Crippen LogP contribution in [0.15, 0.2) is 53.3 Å². The summed E-state index contributed by atoms with van der Waals surface area (Å²) in [5, 5.41) is 3.11. The summed E-state index contributed by atoms with van der Waals surface area (Å²) in [5.41, 5.74) is 8.75. The molecule has 3 heterocycles. The van der Waals surface area contributed by atoms with Gasteiger partial charge in [0.1, 0.15) is 6.26 Å². The lowest BCUT2D eigenvalue weighted by Crippen LogP contribution is -2.51. The first-order valence-electron chi connectivity index (χ1n) is 8.93. The van der Waals surface area contributed by atoms with E-state index in [0.29, 0.717) is 17.8 Å². The van der Waals surface area contributed by atoms with Crippen LogP contribution in [-0.2, 0) is 0 Å². The predicted octanol–water partition coefficient (Wildman–Crippen LogP) is 2.04. The van der Waals surface area contributed by atoms with Gasteiger partial charge < -0.3 is 9.73 Å². The van der Waals surface area contributed by atoms with Crippen molar-refractivity contribution < 1.29 is 9.21 Å². The summed E-state index contributed by atoms with van der Waals surface area (Å²) in [6.45, 7) is 1.97. The number of nitrogens with one attached hydrogen (secondary N) is 3. The standard InChI is InChI=1S/C19H24N4O2/c24-19(15-8-11-25-13-15)20-16-6-9-23(10-7-16)18-12-17(21-22-18)14-4-2-1-3-5-14/h1-5,8,11,13,16-18,21-22H,6-7,9-10,12H2,(H,20,24). The second-order valence-corrected chi connectivity index (χ2v) is 6.80. The molecule has 2 aliphatic rings. The third-order valence-electron chi connectivity index (χ3n) is 5.17. The highest BCUT2D eigenvalue weighted by molar-refractivity contribution is 5.93. The number of furan rings is 1. The molecule has 2 aromatic rings. The van der Waals surface area contributed by atoms with Crippen molar-refractivity contribution >= 4 is 5.91 Å². The van der Waals surface area contributed by atoms with Crippen molar-refractivity contribution in [3.8, 4) is 0 Å². The Labute approximate surface area is 147 Å². The minimum absolute atomic E-state index is 0.0444. The van der Waals surface area contributed by atoms with Crippen molar-refractivity contribution in [3.05, 3.63) is 60.1 Å². The first-order valence-corrected chi connectivity index (χ1v) is 8.93.